The van der Waals surface area contributed by atoms with Crippen molar-refractivity contribution in [3.8, 4) is 0 Å². The summed E-state index contributed by atoms with van der Waals surface area (Å²) >= 11 is 0. The number of benzene rings is 1. The minimum Gasteiger partial charge on any atom is -0.370 e. The maximum absolute atomic E-state index is 5.92. The molecule has 0 aromatic heterocycles. The molecule has 3 N–H and O–H groups in total. The average molecular weight is 404 g/mol. The first-order valence-corrected chi connectivity index (χ1v) is 7.57. The van der Waals surface area contributed by atoms with Gasteiger partial charge in [-0.1, -0.05) is 32.9 Å². The molecule has 21 heavy (non-hydrogen) atoms. The van der Waals surface area contributed by atoms with Crippen LogP contribution in [-0.2, 0) is 6.42 Å². The first kappa shape index (κ1) is 20.2. The molecule has 1 aromatic carbocycles. The summed E-state index contributed by atoms with van der Waals surface area (Å²) in [6, 6.07) is 8.27. The molecule has 0 saturated heterocycles. The second kappa shape index (κ2) is 11.8. The van der Waals surface area contributed by atoms with Gasteiger partial charge in [0.05, 0.1) is 6.54 Å². The molecule has 0 bridgehead atoms. The van der Waals surface area contributed by atoms with E-state index >= 15 is 0 Å². The van der Waals surface area contributed by atoms with Crippen LogP contribution in [0.5, 0.6) is 0 Å². The van der Waals surface area contributed by atoms with Crippen LogP contribution in [0.15, 0.2) is 29.3 Å². The molecule has 0 fully saturated rings. The van der Waals surface area contributed by atoms with Crippen LogP contribution in [0.4, 0.5) is 5.69 Å². The molecule has 1 aromatic rings. The molecular formula is C16H29IN4. The maximum Gasteiger partial charge on any atom is 0.193 e. The summed E-state index contributed by atoms with van der Waals surface area (Å²) in [5.74, 6) is 0.491. The van der Waals surface area contributed by atoms with Gasteiger partial charge in [0.1, 0.15) is 0 Å². The van der Waals surface area contributed by atoms with E-state index in [-0.39, 0.29) is 24.0 Å². The van der Waals surface area contributed by atoms with E-state index in [1.54, 1.807) is 0 Å². The molecule has 0 aliphatic rings. The van der Waals surface area contributed by atoms with Crippen molar-refractivity contribution in [3.05, 3.63) is 29.8 Å². The molecule has 4 nitrogen and oxygen atoms in total. The smallest absolute Gasteiger partial charge is 0.193 e. The Hall–Kier alpha value is -0.820. The number of aliphatic imine (C=N–C) groups is 1. The third-order valence-corrected chi connectivity index (χ3v) is 3.29. The average Bonchev–Trinajstić information content (AvgIpc) is 2.46. The van der Waals surface area contributed by atoms with Crippen LogP contribution in [0.1, 0.15) is 32.8 Å². The highest BCUT2D eigenvalue weighted by Gasteiger charge is 2.00. The summed E-state index contributed by atoms with van der Waals surface area (Å²) in [7, 11) is 0. The largest absolute Gasteiger partial charge is 0.370 e. The summed E-state index contributed by atoms with van der Waals surface area (Å²) in [5.41, 5.74) is 8.22. The molecule has 120 valence electrons. The van der Waals surface area contributed by atoms with Crippen LogP contribution >= 0.6 is 24.0 Å². The highest BCUT2D eigenvalue weighted by molar-refractivity contribution is 14.0. The summed E-state index contributed by atoms with van der Waals surface area (Å²) < 4.78 is 0. The van der Waals surface area contributed by atoms with Gasteiger partial charge in [-0.3, -0.25) is 4.99 Å². The minimum absolute atomic E-state index is 0. The highest BCUT2D eigenvalue weighted by atomic mass is 127. The molecule has 0 atom stereocenters. The van der Waals surface area contributed by atoms with Crippen molar-refractivity contribution in [2.75, 3.05) is 31.5 Å². The molecule has 0 aliphatic carbocycles. The van der Waals surface area contributed by atoms with E-state index in [0.717, 1.165) is 38.3 Å². The number of aryl methyl sites for hydroxylation is 1. The zero-order valence-electron chi connectivity index (χ0n) is 13.4. The normalized spacial score (nSPS) is 11.3. The van der Waals surface area contributed by atoms with Crippen LogP contribution < -0.4 is 11.1 Å². The molecule has 0 unspecified atom stereocenters. The van der Waals surface area contributed by atoms with Gasteiger partial charge in [-0.25, -0.2) is 0 Å². The molecule has 0 amide bonds. The number of nitrogens with two attached hydrogens (primary N) is 1. The Labute approximate surface area is 146 Å². The van der Waals surface area contributed by atoms with Gasteiger partial charge in [-0.2, -0.15) is 0 Å². The van der Waals surface area contributed by atoms with Gasteiger partial charge < -0.3 is 16.0 Å². The minimum atomic E-state index is 0. The lowest BCUT2D eigenvalue weighted by molar-refractivity contribution is 0.297. The van der Waals surface area contributed by atoms with Gasteiger partial charge in [0.2, 0.25) is 0 Å². The molecule has 0 radical (unpaired) electrons. The molecule has 5 heteroatoms. The van der Waals surface area contributed by atoms with E-state index in [9.17, 15) is 0 Å². The lowest BCUT2D eigenvalue weighted by Gasteiger charge is -2.18. The zero-order chi connectivity index (χ0) is 14.8. The van der Waals surface area contributed by atoms with Crippen molar-refractivity contribution < 1.29 is 0 Å². The monoisotopic (exact) mass is 404 g/mol. The number of guanidine groups is 1. The van der Waals surface area contributed by atoms with Crippen LogP contribution in [0.3, 0.4) is 0 Å². The van der Waals surface area contributed by atoms with Gasteiger partial charge in [-0.05, 0) is 43.6 Å². The molecule has 0 aliphatic heterocycles. The van der Waals surface area contributed by atoms with E-state index in [4.69, 9.17) is 5.73 Å². The van der Waals surface area contributed by atoms with Crippen LogP contribution in [0.2, 0.25) is 0 Å². The number of halogens is 1. The quantitative estimate of drug-likeness (QED) is 0.397. The third kappa shape index (κ3) is 8.26. The van der Waals surface area contributed by atoms with Crippen molar-refractivity contribution in [2.45, 2.75) is 33.6 Å². The van der Waals surface area contributed by atoms with E-state index in [1.165, 1.54) is 12.0 Å². The van der Waals surface area contributed by atoms with Gasteiger partial charge in [0.15, 0.2) is 5.96 Å². The zero-order valence-corrected chi connectivity index (χ0v) is 15.8. The van der Waals surface area contributed by atoms with Crippen molar-refractivity contribution in [1.82, 2.24) is 4.90 Å². The fourth-order valence-electron chi connectivity index (χ4n) is 2.11. The summed E-state index contributed by atoms with van der Waals surface area (Å²) in [4.78, 5) is 6.77. The van der Waals surface area contributed by atoms with Gasteiger partial charge in [0, 0.05) is 12.2 Å². The third-order valence-electron chi connectivity index (χ3n) is 3.29. The van der Waals surface area contributed by atoms with Crippen LogP contribution in [-0.4, -0.2) is 37.0 Å². The number of anilines is 1. The number of hydrogen-bond acceptors (Lipinski definition) is 2. The molecule has 0 heterocycles. The fourth-order valence-corrected chi connectivity index (χ4v) is 2.11. The van der Waals surface area contributed by atoms with E-state index in [0.29, 0.717) is 5.96 Å². The van der Waals surface area contributed by atoms with Crippen molar-refractivity contribution >= 4 is 35.6 Å². The molecule has 1 rings (SSSR count). The second-order valence-corrected chi connectivity index (χ2v) is 4.88. The lowest BCUT2D eigenvalue weighted by atomic mass is 10.1. The van der Waals surface area contributed by atoms with Gasteiger partial charge in [-0.15, -0.1) is 24.0 Å². The van der Waals surface area contributed by atoms with E-state index < -0.39 is 0 Å². The van der Waals surface area contributed by atoms with E-state index in [1.807, 2.05) is 12.1 Å². The summed E-state index contributed by atoms with van der Waals surface area (Å²) in [6.45, 7) is 10.4. The van der Waals surface area contributed by atoms with Crippen molar-refractivity contribution in [1.29, 1.82) is 0 Å². The maximum atomic E-state index is 5.92. The topological polar surface area (TPSA) is 53.6 Å². The Morgan fingerprint density at radius 2 is 2.00 bits per heavy atom. The number of hydrogen-bond donors (Lipinski definition) is 2. The molecule has 0 saturated carbocycles. The predicted octanol–water partition coefficient (Wildman–Crippen LogP) is 3.33. The van der Waals surface area contributed by atoms with Gasteiger partial charge >= 0.3 is 0 Å². The predicted molar refractivity (Wildman–Crippen MR) is 104 cm³/mol. The highest BCUT2D eigenvalue weighted by Crippen LogP contribution is 2.10. The van der Waals surface area contributed by atoms with Gasteiger partial charge in [0.25, 0.3) is 0 Å². The number of rotatable bonds is 8. The van der Waals surface area contributed by atoms with Crippen LogP contribution in [0.25, 0.3) is 0 Å². The Morgan fingerprint density at radius 3 is 2.62 bits per heavy atom. The lowest BCUT2D eigenvalue weighted by Crippen LogP contribution is -2.29. The standard InChI is InChI=1S/C16H28N4.HI/c1-4-11-20(6-3)12-10-18-16(17)19-15-9-7-8-14(5-2)13-15;/h7-9,13H,4-6,10-12H2,1-3H3,(H3,17,18,19);1H. The summed E-state index contributed by atoms with van der Waals surface area (Å²) in [6.07, 6.45) is 2.20. The van der Waals surface area contributed by atoms with Crippen molar-refractivity contribution in [3.63, 3.8) is 0 Å². The first-order chi connectivity index (χ1) is 9.69. The van der Waals surface area contributed by atoms with E-state index in [2.05, 4.69) is 48.1 Å². The Morgan fingerprint density at radius 1 is 1.24 bits per heavy atom. The number of nitrogens with zero attached hydrogens (tertiary/aromatic N) is 2. The first-order valence-electron chi connectivity index (χ1n) is 7.57. The van der Waals surface area contributed by atoms with Crippen LogP contribution in [0, 0.1) is 0 Å². The van der Waals surface area contributed by atoms with Crippen molar-refractivity contribution in [2.24, 2.45) is 10.7 Å². The Balaban J connectivity index is 0.00000400. The number of likely N-dealkylation sites (N-methyl/N-ethyl adjacent to an activating group) is 1. The Bertz CT molecular complexity index is 420. The molecular weight excluding hydrogens is 375 g/mol. The Kier molecular flexibility index (Phi) is 11.3. The molecule has 0 spiro atoms. The second-order valence-electron chi connectivity index (χ2n) is 4.88. The fraction of sp³-hybridized carbons (Fsp3) is 0.562. The summed E-state index contributed by atoms with van der Waals surface area (Å²) in [5, 5.41) is 3.15. The SMILES string of the molecule is CCCN(CC)CCN=C(N)Nc1cccc(CC)c1.I. The number of nitrogens with one attached hydrogen (secondary N) is 1.